The fourth-order valence-corrected chi connectivity index (χ4v) is 4.64. The van der Waals surface area contributed by atoms with Gasteiger partial charge < -0.3 is 19.9 Å². The first-order chi connectivity index (χ1) is 14.0. The summed E-state index contributed by atoms with van der Waals surface area (Å²) in [5.74, 6) is 3.71. The molecule has 0 aromatic carbocycles. The average molecular weight is 405 g/mol. The van der Waals surface area contributed by atoms with Crippen LogP contribution in [0, 0.1) is 11.3 Å². The molecule has 0 radical (unpaired) electrons. The highest BCUT2D eigenvalue weighted by molar-refractivity contribution is 5.79. The maximum atomic E-state index is 6.10. The largest absolute Gasteiger partial charge is 0.377 e. The number of ether oxygens (including phenoxy) is 1. The number of hydrogen-bond donors (Lipinski definition) is 2. The predicted molar refractivity (Wildman–Crippen MR) is 117 cm³/mol. The van der Waals surface area contributed by atoms with Crippen molar-refractivity contribution < 1.29 is 4.74 Å². The van der Waals surface area contributed by atoms with Crippen LogP contribution in [-0.2, 0) is 24.1 Å². The maximum absolute atomic E-state index is 6.10. The molecule has 2 unspecified atom stereocenters. The first kappa shape index (κ1) is 22.1. The molecule has 1 aromatic rings. The third-order valence-electron chi connectivity index (χ3n) is 6.11. The second-order valence-corrected chi connectivity index (χ2v) is 9.54. The molecular weight excluding hydrogens is 364 g/mol. The Balaban J connectivity index is 1.41. The lowest BCUT2D eigenvalue weighted by Crippen LogP contribution is -2.47. The maximum Gasteiger partial charge on any atom is 0.190 e. The van der Waals surface area contributed by atoms with Gasteiger partial charge in [-0.3, -0.25) is 4.99 Å². The monoisotopic (exact) mass is 404 g/mol. The van der Waals surface area contributed by atoms with Gasteiger partial charge in [0.15, 0.2) is 5.96 Å². The van der Waals surface area contributed by atoms with Crippen LogP contribution in [0.2, 0.25) is 0 Å². The molecule has 2 aliphatic rings. The zero-order chi connectivity index (χ0) is 20.7. The normalized spacial score (nSPS) is 23.4. The summed E-state index contributed by atoms with van der Waals surface area (Å²) in [5, 5.41) is 15.8. The number of fused-ring (bicyclic) bond motifs is 1. The van der Waals surface area contributed by atoms with Crippen LogP contribution in [0.3, 0.4) is 0 Å². The number of nitrogens with zero attached hydrogens (tertiary/aromatic N) is 4. The molecule has 29 heavy (non-hydrogen) atoms. The summed E-state index contributed by atoms with van der Waals surface area (Å²) in [5.41, 5.74) is 0.167. The van der Waals surface area contributed by atoms with Gasteiger partial charge in [-0.25, -0.2) is 0 Å². The highest BCUT2D eigenvalue weighted by atomic mass is 16.5. The van der Waals surface area contributed by atoms with Gasteiger partial charge in [0.25, 0.3) is 0 Å². The van der Waals surface area contributed by atoms with Crippen molar-refractivity contribution in [2.45, 2.75) is 84.8 Å². The third-order valence-corrected chi connectivity index (χ3v) is 6.11. The van der Waals surface area contributed by atoms with Gasteiger partial charge >= 0.3 is 0 Å². The molecule has 3 heterocycles. The Hall–Kier alpha value is -1.63. The lowest BCUT2D eigenvalue weighted by Gasteiger charge is -2.40. The minimum atomic E-state index is 0.167. The topological polar surface area (TPSA) is 76.4 Å². The van der Waals surface area contributed by atoms with Gasteiger partial charge in [-0.05, 0) is 37.5 Å². The van der Waals surface area contributed by atoms with Crippen LogP contribution in [0.5, 0.6) is 0 Å². The number of aryl methyl sites for hydroxylation is 2. The van der Waals surface area contributed by atoms with Gasteiger partial charge in [-0.1, -0.05) is 27.2 Å². The van der Waals surface area contributed by atoms with Crippen molar-refractivity contribution in [1.82, 2.24) is 25.4 Å². The summed E-state index contributed by atoms with van der Waals surface area (Å²) in [6.07, 6.45) is 9.49. The van der Waals surface area contributed by atoms with Crippen molar-refractivity contribution in [1.29, 1.82) is 0 Å². The van der Waals surface area contributed by atoms with Crippen LogP contribution >= 0.6 is 0 Å². The fraction of sp³-hybridized carbons (Fsp3) is 0.864. The molecule has 2 aliphatic heterocycles. The molecule has 0 bridgehead atoms. The van der Waals surface area contributed by atoms with E-state index in [1.807, 2.05) is 7.05 Å². The van der Waals surface area contributed by atoms with Gasteiger partial charge in [-0.2, -0.15) is 0 Å². The molecule has 0 amide bonds. The molecule has 7 heteroatoms. The van der Waals surface area contributed by atoms with E-state index in [4.69, 9.17) is 4.74 Å². The molecular formula is C22H40N6O. The Morgan fingerprint density at radius 3 is 2.83 bits per heavy atom. The summed E-state index contributed by atoms with van der Waals surface area (Å²) in [7, 11) is 1.84. The number of nitrogens with one attached hydrogen (secondary N) is 2. The van der Waals surface area contributed by atoms with E-state index in [0.29, 0.717) is 12.0 Å². The zero-order valence-corrected chi connectivity index (χ0v) is 18.8. The Labute approximate surface area is 176 Å². The van der Waals surface area contributed by atoms with Gasteiger partial charge in [0.2, 0.25) is 0 Å². The molecule has 1 aromatic heterocycles. The summed E-state index contributed by atoms with van der Waals surface area (Å²) in [4.78, 5) is 4.40. The molecule has 7 nitrogen and oxygen atoms in total. The number of guanidine groups is 1. The molecule has 164 valence electrons. The Kier molecular flexibility index (Phi) is 7.92. The molecule has 3 rings (SSSR count). The van der Waals surface area contributed by atoms with Crippen molar-refractivity contribution in [2.75, 3.05) is 26.7 Å². The number of hydrogen-bond acceptors (Lipinski definition) is 4. The summed E-state index contributed by atoms with van der Waals surface area (Å²) >= 11 is 0. The quantitative estimate of drug-likeness (QED) is 0.433. The first-order valence-corrected chi connectivity index (χ1v) is 11.5. The summed E-state index contributed by atoms with van der Waals surface area (Å²) in [6.45, 7) is 10.6. The Morgan fingerprint density at radius 1 is 1.17 bits per heavy atom. The molecule has 2 atom stereocenters. The van der Waals surface area contributed by atoms with E-state index in [1.165, 1.54) is 31.5 Å². The third kappa shape index (κ3) is 6.17. The number of aliphatic imine (C=N–C) groups is 1. The van der Waals surface area contributed by atoms with E-state index in [-0.39, 0.29) is 5.41 Å². The van der Waals surface area contributed by atoms with E-state index in [0.717, 1.165) is 63.7 Å². The predicted octanol–water partition coefficient (Wildman–Crippen LogP) is 2.94. The van der Waals surface area contributed by atoms with Gasteiger partial charge in [0.05, 0.1) is 6.10 Å². The van der Waals surface area contributed by atoms with E-state index >= 15 is 0 Å². The SMILES string of the molecule is CN=C(NCCCc1nnc2n1CCCCC2)NCC1CCCOC1C(C)(C)C. The van der Waals surface area contributed by atoms with Crippen molar-refractivity contribution in [3.05, 3.63) is 11.6 Å². The average Bonchev–Trinajstić information content (AvgIpc) is 2.93. The Morgan fingerprint density at radius 2 is 2.03 bits per heavy atom. The minimum Gasteiger partial charge on any atom is -0.377 e. The molecule has 1 saturated heterocycles. The van der Waals surface area contributed by atoms with Crippen molar-refractivity contribution in [2.24, 2.45) is 16.3 Å². The van der Waals surface area contributed by atoms with E-state index in [1.54, 1.807) is 0 Å². The van der Waals surface area contributed by atoms with Gasteiger partial charge in [0.1, 0.15) is 11.6 Å². The standard InChI is InChI=1S/C22H40N6O/c1-22(2,3)20-17(10-9-15-29-20)16-25-21(23-4)24-13-8-12-19-27-26-18-11-6-5-7-14-28(18)19/h17,20H,5-16H2,1-4H3,(H2,23,24,25). The van der Waals surface area contributed by atoms with Gasteiger partial charge in [-0.15, -0.1) is 10.2 Å². The number of rotatable bonds is 6. The first-order valence-electron chi connectivity index (χ1n) is 11.5. The van der Waals surface area contributed by atoms with Crippen molar-refractivity contribution in [3.63, 3.8) is 0 Å². The number of aromatic nitrogens is 3. The smallest absolute Gasteiger partial charge is 0.190 e. The second kappa shape index (κ2) is 10.4. The molecule has 0 spiro atoms. The van der Waals surface area contributed by atoms with Crippen LogP contribution in [0.4, 0.5) is 0 Å². The van der Waals surface area contributed by atoms with Crippen LogP contribution < -0.4 is 10.6 Å². The lowest BCUT2D eigenvalue weighted by molar-refractivity contribution is -0.0835. The molecule has 0 aliphatic carbocycles. The molecule has 1 fully saturated rings. The second-order valence-electron chi connectivity index (χ2n) is 9.54. The van der Waals surface area contributed by atoms with Crippen LogP contribution in [0.15, 0.2) is 4.99 Å². The molecule has 0 saturated carbocycles. The van der Waals surface area contributed by atoms with Crippen LogP contribution in [-0.4, -0.2) is 53.6 Å². The fourth-order valence-electron chi connectivity index (χ4n) is 4.64. The molecule has 2 N–H and O–H groups in total. The highest BCUT2D eigenvalue weighted by Crippen LogP contribution is 2.33. The van der Waals surface area contributed by atoms with Crippen molar-refractivity contribution >= 4 is 5.96 Å². The van der Waals surface area contributed by atoms with E-state index < -0.39 is 0 Å². The van der Waals surface area contributed by atoms with E-state index in [2.05, 4.69) is 51.2 Å². The summed E-state index contributed by atoms with van der Waals surface area (Å²) < 4.78 is 8.44. The minimum absolute atomic E-state index is 0.167. The van der Waals surface area contributed by atoms with Crippen LogP contribution in [0.1, 0.15) is 70.9 Å². The highest BCUT2D eigenvalue weighted by Gasteiger charge is 2.35. The van der Waals surface area contributed by atoms with Gasteiger partial charge in [0, 0.05) is 52.0 Å². The Bertz CT molecular complexity index is 663. The zero-order valence-electron chi connectivity index (χ0n) is 18.8. The lowest BCUT2D eigenvalue weighted by atomic mass is 9.78. The van der Waals surface area contributed by atoms with Crippen LogP contribution in [0.25, 0.3) is 0 Å². The summed E-state index contributed by atoms with van der Waals surface area (Å²) in [6, 6.07) is 0. The van der Waals surface area contributed by atoms with Crippen molar-refractivity contribution in [3.8, 4) is 0 Å². The van der Waals surface area contributed by atoms with E-state index in [9.17, 15) is 0 Å².